The van der Waals surface area contributed by atoms with Gasteiger partial charge in [0.2, 0.25) is 0 Å². The van der Waals surface area contributed by atoms with E-state index in [-0.39, 0.29) is 125 Å². The zero-order valence-electron chi connectivity index (χ0n) is 74.7. The predicted molar refractivity (Wildman–Crippen MR) is 488 cm³/mol. The van der Waals surface area contributed by atoms with Crippen molar-refractivity contribution in [3.05, 3.63) is 266 Å². The quantitative estimate of drug-likeness (QED) is 0.0313. The number of ether oxygens (including phenoxy) is 10. The number of hydrogen-bond donors (Lipinski definition) is 0. The van der Waals surface area contributed by atoms with Crippen LogP contribution in [-0.2, 0) is 76.2 Å². The van der Waals surface area contributed by atoms with Gasteiger partial charge in [0.05, 0.1) is 27.8 Å². The minimum atomic E-state index is -4.40. The zero-order valence-corrected chi connectivity index (χ0v) is 79.7. The van der Waals surface area contributed by atoms with Crippen molar-refractivity contribution in [1.29, 1.82) is 0 Å². The number of hydrogen-bond acceptors (Lipinski definition) is 10. The van der Waals surface area contributed by atoms with Gasteiger partial charge in [-0.2, -0.15) is 65.9 Å². The monoisotopic (exact) mass is 1860 g/mol. The Morgan fingerprint density at radius 3 is 0.778 bits per heavy atom. The molecular weight excluding hydrogens is 1750 g/mol. The summed E-state index contributed by atoms with van der Waals surface area (Å²) in [6.07, 6.45) is -21.9. The van der Waals surface area contributed by atoms with Crippen molar-refractivity contribution in [1.82, 2.24) is 0 Å². The molecule has 0 spiro atoms. The highest BCUT2D eigenvalue weighted by atomic mass is 31.1. The molecule has 10 aromatic carbocycles. The average Bonchev–Trinajstić information content (AvgIpc) is 0.773. The maximum Gasteiger partial charge on any atom is 0.417 e. The minimum Gasteiger partial charge on any atom is -0.467 e. The molecule has 0 radical (unpaired) electrons. The first-order chi connectivity index (χ1) is 58.6. The molecule has 0 amide bonds. The second-order valence-corrected chi connectivity index (χ2v) is 40.0. The Bertz CT molecular complexity index is 5120. The molecule has 0 aliphatic carbocycles. The van der Waals surface area contributed by atoms with Gasteiger partial charge in [-0.25, -0.2) is 0 Å². The van der Waals surface area contributed by atoms with Crippen LogP contribution >= 0.6 is 42.9 Å². The van der Waals surface area contributed by atoms with Crippen LogP contribution < -0.4 is 76.7 Å². The number of halogens is 15. The van der Waals surface area contributed by atoms with Crippen molar-refractivity contribution >= 4 is 95.9 Å². The molecule has 10 aromatic rings. The van der Waals surface area contributed by atoms with E-state index < -0.39 is 58.7 Å². The molecule has 30 heteroatoms. The summed E-state index contributed by atoms with van der Waals surface area (Å²) >= 11 is 0. The van der Waals surface area contributed by atoms with Crippen molar-refractivity contribution < 1.29 is 113 Å². The highest BCUT2D eigenvalue weighted by molar-refractivity contribution is 7.57. The van der Waals surface area contributed by atoms with E-state index in [2.05, 4.69) is 89.2 Å². The molecule has 686 valence electrons. The molecule has 0 heterocycles. The third kappa shape index (κ3) is 32.3. The van der Waals surface area contributed by atoms with Crippen LogP contribution in [-0.4, -0.2) is 69.5 Å². The van der Waals surface area contributed by atoms with Crippen LogP contribution in [0.3, 0.4) is 0 Å². The molecule has 0 aromatic heterocycles. The van der Waals surface area contributed by atoms with E-state index in [1.165, 1.54) is 90.1 Å². The second-order valence-electron chi connectivity index (χ2n) is 33.3. The first-order valence-corrected chi connectivity index (χ1v) is 44.5. The van der Waals surface area contributed by atoms with E-state index in [0.717, 1.165) is 107 Å². The van der Waals surface area contributed by atoms with Crippen molar-refractivity contribution in [2.45, 2.75) is 170 Å². The highest BCUT2D eigenvalue weighted by Gasteiger charge is 2.39. The van der Waals surface area contributed by atoms with Crippen molar-refractivity contribution in [3.63, 3.8) is 0 Å². The van der Waals surface area contributed by atoms with Gasteiger partial charge in [-0.3, -0.25) is 0 Å². The van der Waals surface area contributed by atoms with Crippen LogP contribution in [0.1, 0.15) is 161 Å². The zero-order chi connectivity index (χ0) is 94.3. The van der Waals surface area contributed by atoms with Gasteiger partial charge in [-0.05, 0) is 183 Å². The Balaban J connectivity index is 0.000000244. The first-order valence-electron chi connectivity index (χ1n) is 39.5. The molecule has 10 rings (SSSR count). The summed E-state index contributed by atoms with van der Waals surface area (Å²) < 4.78 is 253. The molecule has 0 N–H and O–H groups in total. The van der Waals surface area contributed by atoms with Crippen LogP contribution in [0.15, 0.2) is 188 Å². The molecule has 0 aliphatic heterocycles. The van der Waals surface area contributed by atoms with Crippen molar-refractivity contribution in [2.24, 2.45) is 0 Å². The lowest BCUT2D eigenvalue weighted by atomic mass is 9.80. The summed E-state index contributed by atoms with van der Waals surface area (Å²) in [4.78, 5) is 0. The summed E-state index contributed by atoms with van der Waals surface area (Å²) in [6, 6.07) is 49.6. The normalized spacial score (nSPS) is 12.6. The van der Waals surface area contributed by atoms with Gasteiger partial charge >= 0.3 is 30.9 Å². The molecule has 10 nitrogen and oxygen atoms in total. The van der Waals surface area contributed by atoms with E-state index in [1.807, 2.05) is 89.2 Å². The van der Waals surface area contributed by atoms with Crippen LogP contribution in [0, 0.1) is 34.6 Å². The topological polar surface area (TPSA) is 92.3 Å². The molecule has 0 aliphatic rings. The lowest BCUT2D eigenvalue weighted by Crippen LogP contribution is -2.24. The van der Waals surface area contributed by atoms with Gasteiger partial charge in [-0.15, -0.1) is 0 Å². The third-order valence-corrected chi connectivity index (χ3v) is 25.4. The van der Waals surface area contributed by atoms with E-state index in [1.54, 1.807) is 42.5 Å². The van der Waals surface area contributed by atoms with Gasteiger partial charge in [0.1, 0.15) is 28.7 Å². The summed E-state index contributed by atoms with van der Waals surface area (Å²) in [7, 11) is 6.74. The van der Waals surface area contributed by atoms with E-state index in [9.17, 15) is 65.9 Å². The Kier molecular flexibility index (Phi) is 39.5. The fourth-order valence-electron chi connectivity index (χ4n) is 12.6. The molecule has 126 heavy (non-hydrogen) atoms. The summed E-state index contributed by atoms with van der Waals surface area (Å²) in [5.74, 6) is 2.95. The van der Waals surface area contributed by atoms with Crippen molar-refractivity contribution in [3.8, 4) is 28.7 Å². The van der Waals surface area contributed by atoms with Crippen LogP contribution in [0.2, 0.25) is 0 Å². The van der Waals surface area contributed by atoms with Gasteiger partial charge in [0, 0.05) is 73.2 Å². The molecule has 5 unspecified atom stereocenters. The number of benzene rings is 10. The Labute approximate surface area is 739 Å². The lowest BCUT2D eigenvalue weighted by molar-refractivity contribution is -0.137. The van der Waals surface area contributed by atoms with Gasteiger partial charge in [0.15, 0.2) is 34.0 Å². The molecule has 0 fully saturated rings. The second kappa shape index (κ2) is 46.6. The first kappa shape index (κ1) is 107. The summed E-state index contributed by atoms with van der Waals surface area (Å²) in [6.45, 7) is 34.7. The standard InChI is InChI=1S/C23H30F3O2P.2C20H24F3O2P.C17H18F3O2P.C16H16F3O2P/c1-21(2,3)15-12-17(22(4,5)6)20(28-14-27-7)19(13-15)29-18-11-9-8-10-16(18)23(24,25)26;1-13-10-14(19(2,3)4)11-17(18(13)25-12-24-5)26-16-9-7-6-8-15(16)20(21,22)23;1-13-10-15(19(2,3)4)18(25-12-24-5)17(11-13)26-16-9-7-6-8-14(16)20(21,22)23;1-11-8-12(2)16(22-10-21-3)15(9-11)23-14-7-5-4-6-13(14)17(18,19)20;1-11-7-8-13(21-10-20-2)15(9-11)22-14-6-4-3-5-12(14)16(17,18)19/h8-13,29H,14H2,1-7H3;2*6-11,26H,12H2,1-5H3;4-9,23H,10H2,1-3H3;3-9,22H,10H2,1-2H3. The molecule has 5 atom stereocenters. The number of rotatable bonds is 25. The summed E-state index contributed by atoms with van der Waals surface area (Å²) in [5, 5.41) is 5.03. The lowest BCUT2D eigenvalue weighted by Gasteiger charge is -2.29. The maximum absolute atomic E-state index is 13.5. The van der Waals surface area contributed by atoms with Gasteiger partial charge < -0.3 is 47.4 Å². The smallest absolute Gasteiger partial charge is 0.417 e. The molecule has 0 saturated heterocycles. The number of alkyl halides is 15. The van der Waals surface area contributed by atoms with E-state index in [4.69, 9.17) is 47.4 Å². The van der Waals surface area contributed by atoms with Crippen LogP contribution in [0.4, 0.5) is 65.9 Å². The fraction of sp³-hybridized carbons (Fsp3) is 0.375. The largest absolute Gasteiger partial charge is 0.467 e. The fourth-order valence-corrected chi connectivity index (χ4v) is 19.7. The minimum absolute atomic E-state index is 0.0380. The van der Waals surface area contributed by atoms with Gasteiger partial charge in [-0.1, -0.05) is 253 Å². The van der Waals surface area contributed by atoms with E-state index >= 15 is 0 Å². The van der Waals surface area contributed by atoms with E-state index in [0.29, 0.717) is 28.7 Å². The molecular formula is C96H112F15O10P5. The molecule has 0 saturated carbocycles. The Morgan fingerprint density at radius 1 is 0.222 bits per heavy atom. The Hall–Kier alpha value is -7.90. The number of aryl methyl sites for hydroxylation is 5. The average molecular weight is 1870 g/mol. The maximum atomic E-state index is 13.5. The predicted octanol–water partition coefficient (Wildman–Crippen LogP) is 23.3. The molecule has 0 bridgehead atoms. The van der Waals surface area contributed by atoms with Crippen LogP contribution in [0.5, 0.6) is 28.7 Å². The number of methoxy groups -OCH3 is 5. The van der Waals surface area contributed by atoms with Gasteiger partial charge in [0.25, 0.3) is 0 Å². The third-order valence-electron chi connectivity index (χ3n) is 18.6. The van der Waals surface area contributed by atoms with Crippen molar-refractivity contribution in [2.75, 3.05) is 69.5 Å². The Morgan fingerprint density at radius 2 is 0.468 bits per heavy atom. The van der Waals surface area contributed by atoms with Crippen LogP contribution in [0.25, 0.3) is 0 Å². The summed E-state index contributed by atoms with van der Waals surface area (Å²) in [5.41, 5.74) is 5.04. The SMILES string of the molecule is COCOc1c(C)cc(C(C)(C)C)cc1Pc1ccccc1C(F)(F)F.COCOc1c(C)cc(C)cc1Pc1ccccc1C(F)(F)F.COCOc1c(Pc2ccccc2C(F)(F)F)cc(C(C)(C)C)cc1C(C)(C)C.COCOc1c(Pc2ccccc2C(F)(F)F)cc(C)cc1C(C)(C)C.COCOc1ccc(C)cc1Pc1ccccc1C(F)(F)F. The highest BCUT2D eigenvalue weighted by Crippen LogP contribution is 2.43.